The maximum Gasteiger partial charge on any atom is 0.155 e. The molecule has 0 aliphatic carbocycles. The monoisotopic (exact) mass is 284 g/mol. The van der Waals surface area contributed by atoms with Crippen LogP contribution in [0.3, 0.4) is 0 Å². The molecule has 4 nitrogen and oxygen atoms in total. The molecule has 0 fully saturated rings. The van der Waals surface area contributed by atoms with Gasteiger partial charge in [-0.3, -0.25) is 0 Å². The lowest BCUT2D eigenvalue weighted by molar-refractivity contribution is 0.278. The molecule has 5 heteroatoms. The minimum absolute atomic E-state index is 0.101. The van der Waals surface area contributed by atoms with Crippen molar-refractivity contribution in [1.29, 1.82) is 0 Å². The Morgan fingerprint density at radius 1 is 1.21 bits per heavy atom. The highest BCUT2D eigenvalue weighted by Crippen LogP contribution is 2.37. The summed E-state index contributed by atoms with van der Waals surface area (Å²) < 4.78 is 0. The van der Waals surface area contributed by atoms with E-state index in [1.807, 2.05) is 7.05 Å². The minimum atomic E-state index is -0.101. The number of hydrogen-bond acceptors (Lipinski definition) is 4. The Kier molecular flexibility index (Phi) is 4.25. The molecule has 0 spiro atoms. The molecule has 0 unspecified atom stereocenters. The Bertz CT molecular complexity index is 463. The van der Waals surface area contributed by atoms with E-state index in [2.05, 4.69) is 44.5 Å². The van der Waals surface area contributed by atoms with Crippen molar-refractivity contribution in [3.8, 4) is 0 Å². The van der Waals surface area contributed by atoms with Crippen molar-refractivity contribution in [1.82, 2.24) is 4.98 Å². The number of nitrogens with two attached hydrogens (primary N) is 2. The highest BCUT2D eigenvalue weighted by Gasteiger charge is 2.31. The van der Waals surface area contributed by atoms with Crippen LogP contribution in [0.15, 0.2) is 6.07 Å². The van der Waals surface area contributed by atoms with E-state index in [9.17, 15) is 0 Å². The zero-order valence-corrected chi connectivity index (χ0v) is 13.5. The third kappa shape index (κ3) is 3.90. The molecule has 0 saturated carbocycles. The van der Waals surface area contributed by atoms with E-state index in [4.69, 9.17) is 23.1 Å². The topological polar surface area (TPSA) is 68.2 Å². The molecule has 0 amide bonds. The summed E-state index contributed by atoms with van der Waals surface area (Å²) >= 11 is 5.98. The molecular weight excluding hydrogens is 260 g/mol. The predicted octanol–water partition coefficient (Wildman–Crippen LogP) is 3.55. The molecule has 1 heterocycles. The van der Waals surface area contributed by atoms with Crippen molar-refractivity contribution in [3.63, 3.8) is 0 Å². The van der Waals surface area contributed by atoms with Crippen molar-refractivity contribution in [2.45, 2.75) is 46.6 Å². The molecule has 1 aromatic heterocycles. The first kappa shape index (κ1) is 15.9. The number of hydrogen-bond donors (Lipinski definition) is 2. The van der Waals surface area contributed by atoms with Gasteiger partial charge in [-0.1, -0.05) is 32.4 Å². The highest BCUT2D eigenvalue weighted by atomic mass is 35.5. The van der Waals surface area contributed by atoms with Gasteiger partial charge in [0.1, 0.15) is 5.15 Å². The second-order valence-corrected chi connectivity index (χ2v) is 7.27. The fraction of sp³-hybridized carbons (Fsp3) is 0.643. The van der Waals surface area contributed by atoms with E-state index >= 15 is 0 Å². The lowest BCUT2D eigenvalue weighted by Gasteiger charge is -2.41. The van der Waals surface area contributed by atoms with Gasteiger partial charge in [0.05, 0.1) is 11.4 Å². The van der Waals surface area contributed by atoms with Gasteiger partial charge < -0.3 is 16.4 Å². The Labute approximate surface area is 121 Å². The summed E-state index contributed by atoms with van der Waals surface area (Å²) in [6, 6.07) is 1.57. The van der Waals surface area contributed by atoms with Crippen LogP contribution in [-0.2, 0) is 0 Å². The van der Waals surface area contributed by atoms with E-state index in [1.54, 1.807) is 6.07 Å². The summed E-state index contributed by atoms with van der Waals surface area (Å²) in [5.74, 6) is 0.638. The Morgan fingerprint density at radius 2 is 1.74 bits per heavy atom. The Morgan fingerprint density at radius 3 is 2.21 bits per heavy atom. The van der Waals surface area contributed by atoms with Crippen LogP contribution < -0.4 is 16.4 Å². The van der Waals surface area contributed by atoms with Crippen molar-refractivity contribution >= 4 is 28.8 Å². The number of anilines is 3. The fourth-order valence-electron chi connectivity index (χ4n) is 2.49. The van der Waals surface area contributed by atoms with Gasteiger partial charge in [-0.2, -0.15) is 0 Å². The normalized spacial score (nSPS) is 12.6. The van der Waals surface area contributed by atoms with Gasteiger partial charge in [0.25, 0.3) is 0 Å². The summed E-state index contributed by atoms with van der Waals surface area (Å²) in [6.07, 6.45) is 0.990. The van der Waals surface area contributed by atoms with E-state index in [-0.39, 0.29) is 11.0 Å². The van der Waals surface area contributed by atoms with Crippen LogP contribution in [0.4, 0.5) is 17.2 Å². The first-order chi connectivity index (χ1) is 8.44. The molecule has 1 aromatic rings. The van der Waals surface area contributed by atoms with E-state index in [0.29, 0.717) is 22.3 Å². The average molecular weight is 285 g/mol. The number of nitrogens with zero attached hydrogens (tertiary/aromatic N) is 2. The molecule has 0 aliphatic heterocycles. The third-order valence-corrected chi connectivity index (χ3v) is 3.42. The lowest BCUT2D eigenvalue weighted by atomic mass is 9.81. The molecule has 0 atom stereocenters. The number of nitrogen functional groups attached to an aromatic ring is 2. The van der Waals surface area contributed by atoms with Crippen molar-refractivity contribution in [3.05, 3.63) is 11.2 Å². The van der Waals surface area contributed by atoms with Gasteiger partial charge in [-0.15, -0.1) is 0 Å². The predicted molar refractivity (Wildman–Crippen MR) is 84.6 cm³/mol. The molecule has 108 valence electrons. The summed E-state index contributed by atoms with van der Waals surface area (Å²) in [7, 11) is 1.97. The summed E-state index contributed by atoms with van der Waals surface area (Å²) in [5, 5.41) is 0.361. The smallest absolute Gasteiger partial charge is 0.155 e. The first-order valence-electron chi connectivity index (χ1n) is 6.39. The second-order valence-electron chi connectivity index (χ2n) is 6.88. The van der Waals surface area contributed by atoms with Gasteiger partial charge >= 0.3 is 0 Å². The van der Waals surface area contributed by atoms with E-state index < -0.39 is 0 Å². The quantitative estimate of drug-likeness (QED) is 0.833. The van der Waals surface area contributed by atoms with Crippen LogP contribution >= 0.6 is 11.6 Å². The first-order valence-corrected chi connectivity index (χ1v) is 6.77. The molecule has 0 saturated heterocycles. The molecule has 0 radical (unpaired) electrons. The standard InChI is InChI=1S/C14H25ClN4/c1-13(2,3)8-14(4,5)19(6)12-11(17)9(16)7-10(15)18-12/h7H,8,17H2,1-6H3,(H2,16,18). The van der Waals surface area contributed by atoms with Crippen LogP contribution in [0.1, 0.15) is 41.0 Å². The molecular formula is C14H25ClN4. The number of rotatable bonds is 3. The fourth-order valence-corrected chi connectivity index (χ4v) is 2.69. The molecule has 0 aromatic carbocycles. The Hall–Kier alpha value is -1.16. The lowest BCUT2D eigenvalue weighted by Crippen LogP contribution is -2.44. The maximum atomic E-state index is 6.03. The third-order valence-electron chi connectivity index (χ3n) is 3.23. The van der Waals surface area contributed by atoms with Gasteiger partial charge in [-0.05, 0) is 25.7 Å². The largest absolute Gasteiger partial charge is 0.397 e. The molecule has 4 N–H and O–H groups in total. The highest BCUT2D eigenvalue weighted by molar-refractivity contribution is 6.30. The van der Waals surface area contributed by atoms with Gasteiger partial charge in [0, 0.05) is 18.7 Å². The molecule has 19 heavy (non-hydrogen) atoms. The molecule has 0 aliphatic rings. The Balaban J connectivity index is 3.16. The van der Waals surface area contributed by atoms with Crippen LogP contribution in [0, 0.1) is 5.41 Å². The van der Waals surface area contributed by atoms with Gasteiger partial charge in [-0.25, -0.2) is 4.98 Å². The average Bonchev–Trinajstić information content (AvgIpc) is 2.18. The zero-order chi connectivity index (χ0) is 15.0. The summed E-state index contributed by atoms with van der Waals surface area (Å²) in [5.41, 5.74) is 12.9. The van der Waals surface area contributed by atoms with Crippen LogP contribution in [0.5, 0.6) is 0 Å². The van der Waals surface area contributed by atoms with Gasteiger partial charge in [0.15, 0.2) is 5.82 Å². The summed E-state index contributed by atoms with van der Waals surface area (Å²) in [4.78, 5) is 6.37. The van der Waals surface area contributed by atoms with Crippen molar-refractivity contribution < 1.29 is 0 Å². The van der Waals surface area contributed by atoms with Crippen LogP contribution in [-0.4, -0.2) is 17.6 Å². The summed E-state index contributed by atoms with van der Waals surface area (Å²) in [6.45, 7) is 11.0. The number of halogens is 1. The number of aromatic nitrogens is 1. The minimum Gasteiger partial charge on any atom is -0.397 e. The van der Waals surface area contributed by atoms with Crippen LogP contribution in [0.25, 0.3) is 0 Å². The SMILES string of the molecule is CN(c1nc(Cl)cc(N)c1N)C(C)(C)CC(C)(C)C. The van der Waals surface area contributed by atoms with Gasteiger partial charge in [0.2, 0.25) is 0 Å². The van der Waals surface area contributed by atoms with Crippen molar-refractivity contribution in [2.75, 3.05) is 23.4 Å². The molecule has 0 bridgehead atoms. The second kappa shape index (κ2) is 5.08. The van der Waals surface area contributed by atoms with E-state index in [0.717, 1.165) is 6.42 Å². The zero-order valence-electron chi connectivity index (χ0n) is 12.7. The van der Waals surface area contributed by atoms with Crippen LogP contribution in [0.2, 0.25) is 5.15 Å². The van der Waals surface area contributed by atoms with E-state index in [1.165, 1.54) is 0 Å². The number of pyridine rings is 1. The molecule has 1 rings (SSSR count). The van der Waals surface area contributed by atoms with Crippen molar-refractivity contribution in [2.24, 2.45) is 5.41 Å². The maximum absolute atomic E-state index is 6.03.